The maximum atomic E-state index is 11.6. The van der Waals surface area contributed by atoms with Crippen LogP contribution >= 0.6 is 0 Å². The summed E-state index contributed by atoms with van der Waals surface area (Å²) < 4.78 is 30.0. The fourth-order valence-electron chi connectivity index (χ4n) is 4.11. The van der Waals surface area contributed by atoms with Crippen molar-refractivity contribution in [2.45, 2.75) is 19.3 Å². The lowest BCUT2D eigenvalue weighted by Crippen LogP contribution is -2.43. The third kappa shape index (κ3) is 3.10. The van der Waals surface area contributed by atoms with Crippen molar-refractivity contribution >= 4 is 26.9 Å². The molecule has 0 atom stereocenters. The van der Waals surface area contributed by atoms with Gasteiger partial charge in [-0.15, -0.1) is 0 Å². The molecule has 2 aliphatic rings. The molecule has 4 rings (SSSR count). The molecule has 1 aromatic carbocycles. The van der Waals surface area contributed by atoms with Crippen LogP contribution in [0.4, 0.5) is 5.82 Å². The molecule has 140 valence electrons. The van der Waals surface area contributed by atoms with Gasteiger partial charge in [0.05, 0.1) is 12.6 Å². The molecule has 0 bridgehead atoms. The highest BCUT2D eigenvalue weighted by molar-refractivity contribution is 7.86. The summed E-state index contributed by atoms with van der Waals surface area (Å²) in [5.74, 6) is 1.69. The van der Waals surface area contributed by atoms with E-state index in [-0.39, 0.29) is 5.41 Å². The van der Waals surface area contributed by atoms with Gasteiger partial charge in [-0.2, -0.15) is 12.7 Å². The van der Waals surface area contributed by atoms with E-state index in [9.17, 15) is 8.42 Å². The number of anilines is 1. The third-order valence-corrected chi connectivity index (χ3v) is 6.74. The zero-order valence-electron chi connectivity index (χ0n) is 14.8. The Hall–Kier alpha value is -1.97. The van der Waals surface area contributed by atoms with Gasteiger partial charge in [0.2, 0.25) is 0 Å². The number of benzene rings is 1. The Morgan fingerprint density at radius 2 is 1.88 bits per heavy atom. The monoisotopic (exact) mass is 377 g/mol. The first kappa shape index (κ1) is 17.4. The smallest absolute Gasteiger partial charge is 0.276 e. The van der Waals surface area contributed by atoms with Gasteiger partial charge in [0, 0.05) is 31.6 Å². The molecule has 3 heterocycles. The molecule has 2 fully saturated rings. The van der Waals surface area contributed by atoms with Gasteiger partial charge in [-0.25, -0.2) is 15.1 Å². The summed E-state index contributed by atoms with van der Waals surface area (Å²) in [5, 5.41) is 6.27. The van der Waals surface area contributed by atoms with Gasteiger partial charge in [-0.3, -0.25) is 0 Å². The lowest BCUT2D eigenvalue weighted by molar-refractivity contribution is 0.234. The second kappa shape index (κ2) is 6.33. The lowest BCUT2D eigenvalue weighted by atomic mass is 9.78. The molecular formula is C17H23N5O3S. The fraction of sp³-hybridized carbons (Fsp3) is 0.529. The minimum atomic E-state index is -3.59. The molecular weight excluding hydrogens is 354 g/mol. The van der Waals surface area contributed by atoms with E-state index in [1.807, 2.05) is 18.2 Å². The van der Waals surface area contributed by atoms with Gasteiger partial charge in [-0.05, 0) is 42.9 Å². The van der Waals surface area contributed by atoms with Crippen LogP contribution in [0.1, 0.15) is 19.3 Å². The number of rotatable bonds is 3. The Balaban J connectivity index is 1.55. The third-order valence-electron chi connectivity index (χ3n) is 5.71. The lowest BCUT2D eigenvalue weighted by Gasteiger charge is -2.40. The number of piperidine rings is 1. The molecule has 2 N–H and O–H groups in total. The van der Waals surface area contributed by atoms with E-state index in [0.717, 1.165) is 54.8 Å². The highest BCUT2D eigenvalue weighted by Gasteiger charge is 2.43. The zero-order chi connectivity index (χ0) is 18.4. The summed E-state index contributed by atoms with van der Waals surface area (Å²) in [6.07, 6.45) is 4.31. The molecule has 2 aliphatic heterocycles. The van der Waals surface area contributed by atoms with Gasteiger partial charge in [0.15, 0.2) is 0 Å². The van der Waals surface area contributed by atoms with E-state index < -0.39 is 10.2 Å². The molecule has 0 aliphatic carbocycles. The molecule has 8 nitrogen and oxygen atoms in total. The first-order chi connectivity index (χ1) is 12.4. The van der Waals surface area contributed by atoms with Crippen molar-refractivity contribution in [3.05, 3.63) is 24.5 Å². The molecule has 1 spiro atoms. The van der Waals surface area contributed by atoms with Crippen molar-refractivity contribution < 1.29 is 13.2 Å². The van der Waals surface area contributed by atoms with Crippen molar-refractivity contribution in [1.29, 1.82) is 0 Å². The van der Waals surface area contributed by atoms with E-state index >= 15 is 0 Å². The molecule has 1 aromatic heterocycles. The second-order valence-corrected chi connectivity index (χ2v) is 8.74. The first-order valence-corrected chi connectivity index (χ1v) is 10.2. The number of nitrogens with zero attached hydrogens (tertiary/aromatic N) is 4. The maximum Gasteiger partial charge on any atom is 0.276 e. The van der Waals surface area contributed by atoms with Gasteiger partial charge >= 0.3 is 0 Å². The van der Waals surface area contributed by atoms with Gasteiger partial charge in [-0.1, -0.05) is 0 Å². The van der Waals surface area contributed by atoms with Crippen LogP contribution in [0.3, 0.4) is 0 Å². The van der Waals surface area contributed by atoms with E-state index in [4.69, 9.17) is 9.88 Å². The maximum absolute atomic E-state index is 11.6. The topological polar surface area (TPSA) is 102 Å². The van der Waals surface area contributed by atoms with Crippen LogP contribution in [0, 0.1) is 5.41 Å². The van der Waals surface area contributed by atoms with Crippen LogP contribution in [0.2, 0.25) is 0 Å². The SMILES string of the molecule is COc1ccc2ncnc(N3CCC4(CC3)CCN(S(N)(=O)=O)C4)c2c1. The quantitative estimate of drug-likeness (QED) is 0.860. The Morgan fingerprint density at radius 1 is 1.15 bits per heavy atom. The largest absolute Gasteiger partial charge is 0.497 e. The molecule has 9 heteroatoms. The summed E-state index contributed by atoms with van der Waals surface area (Å²) in [7, 11) is -1.95. The van der Waals surface area contributed by atoms with Crippen LogP contribution in [0.5, 0.6) is 5.75 Å². The molecule has 0 amide bonds. The average molecular weight is 377 g/mol. The van der Waals surface area contributed by atoms with Crippen LogP contribution in [-0.2, 0) is 10.2 Å². The Bertz CT molecular complexity index is 925. The van der Waals surface area contributed by atoms with Crippen molar-refractivity contribution in [1.82, 2.24) is 14.3 Å². The first-order valence-electron chi connectivity index (χ1n) is 8.72. The van der Waals surface area contributed by atoms with E-state index in [1.54, 1.807) is 13.4 Å². The number of fused-ring (bicyclic) bond motifs is 1. The number of aromatic nitrogens is 2. The Kier molecular flexibility index (Phi) is 4.25. The summed E-state index contributed by atoms with van der Waals surface area (Å²) >= 11 is 0. The highest BCUT2D eigenvalue weighted by Crippen LogP contribution is 2.42. The molecule has 0 saturated carbocycles. The van der Waals surface area contributed by atoms with Crippen molar-refractivity contribution in [2.75, 3.05) is 38.2 Å². The minimum absolute atomic E-state index is 0.0312. The van der Waals surface area contributed by atoms with Crippen molar-refractivity contribution in [3.63, 3.8) is 0 Å². The number of methoxy groups -OCH3 is 1. The minimum Gasteiger partial charge on any atom is -0.497 e. The molecule has 2 saturated heterocycles. The summed E-state index contributed by atoms with van der Waals surface area (Å²) in [5.41, 5.74) is 0.918. The average Bonchev–Trinajstić information content (AvgIpc) is 3.06. The number of hydrogen-bond acceptors (Lipinski definition) is 6. The van der Waals surface area contributed by atoms with Gasteiger partial charge < -0.3 is 9.64 Å². The zero-order valence-corrected chi connectivity index (χ0v) is 15.6. The van der Waals surface area contributed by atoms with E-state index in [0.29, 0.717) is 13.1 Å². The molecule has 0 unspecified atom stereocenters. The van der Waals surface area contributed by atoms with Crippen LogP contribution in [0.15, 0.2) is 24.5 Å². The standard InChI is InChI=1S/C17H23N5O3S/c1-25-13-2-3-15-14(10-13)16(20-12-19-15)21-7-4-17(5-8-21)6-9-22(11-17)26(18,23)24/h2-3,10,12H,4-9,11H2,1H3,(H2,18,23,24). The number of nitrogens with two attached hydrogens (primary N) is 1. The summed E-state index contributed by atoms with van der Waals surface area (Å²) in [6, 6.07) is 5.80. The molecule has 0 radical (unpaired) electrons. The molecule has 26 heavy (non-hydrogen) atoms. The Morgan fingerprint density at radius 3 is 2.54 bits per heavy atom. The van der Waals surface area contributed by atoms with Crippen molar-refractivity contribution in [3.8, 4) is 5.75 Å². The molecule has 2 aromatic rings. The predicted octanol–water partition coefficient (Wildman–Crippen LogP) is 1.13. The fourth-order valence-corrected chi connectivity index (χ4v) is 4.91. The summed E-state index contributed by atoms with van der Waals surface area (Å²) in [6.45, 7) is 2.72. The summed E-state index contributed by atoms with van der Waals surface area (Å²) in [4.78, 5) is 11.1. The van der Waals surface area contributed by atoms with Gasteiger partial charge in [0.1, 0.15) is 17.9 Å². The number of hydrogen-bond donors (Lipinski definition) is 1. The van der Waals surface area contributed by atoms with Gasteiger partial charge in [0.25, 0.3) is 10.2 Å². The van der Waals surface area contributed by atoms with Crippen molar-refractivity contribution in [2.24, 2.45) is 10.6 Å². The van der Waals surface area contributed by atoms with E-state index in [2.05, 4.69) is 14.9 Å². The Labute approximate surface area is 153 Å². The number of ether oxygens (including phenoxy) is 1. The van der Waals surface area contributed by atoms with E-state index in [1.165, 1.54) is 4.31 Å². The van der Waals surface area contributed by atoms with Crippen LogP contribution < -0.4 is 14.8 Å². The van der Waals surface area contributed by atoms with Crippen LogP contribution in [0.25, 0.3) is 10.9 Å². The predicted molar refractivity (Wildman–Crippen MR) is 99.3 cm³/mol. The second-order valence-electron chi connectivity index (χ2n) is 7.20. The normalized spacial score (nSPS) is 20.8. The van der Waals surface area contributed by atoms with Crippen LogP contribution in [-0.4, -0.2) is 56.0 Å². The highest BCUT2D eigenvalue weighted by atomic mass is 32.2.